The molecule has 1 atom stereocenters. The van der Waals surface area contributed by atoms with Crippen LogP contribution in [0.1, 0.15) is 29.7 Å². The van der Waals surface area contributed by atoms with E-state index in [4.69, 9.17) is 4.74 Å². The molecule has 8 heteroatoms. The maximum Gasteiger partial charge on any atom is 0.239 e. The van der Waals surface area contributed by atoms with Crippen LogP contribution in [0.25, 0.3) is 5.69 Å². The van der Waals surface area contributed by atoms with Crippen LogP contribution in [-0.4, -0.2) is 66.5 Å². The fourth-order valence-electron chi connectivity index (χ4n) is 4.06. The van der Waals surface area contributed by atoms with Crippen LogP contribution in [0.3, 0.4) is 0 Å². The maximum atomic E-state index is 13.0. The van der Waals surface area contributed by atoms with Crippen LogP contribution >= 0.6 is 0 Å². The summed E-state index contributed by atoms with van der Waals surface area (Å²) >= 11 is 0. The zero-order chi connectivity index (χ0) is 22.7. The molecule has 1 fully saturated rings. The van der Waals surface area contributed by atoms with Gasteiger partial charge in [0.25, 0.3) is 0 Å². The van der Waals surface area contributed by atoms with Crippen molar-refractivity contribution in [1.82, 2.24) is 14.4 Å². The normalized spacial score (nSPS) is 16.1. The van der Waals surface area contributed by atoms with E-state index in [1.54, 1.807) is 26.1 Å². The van der Waals surface area contributed by atoms with E-state index in [0.717, 1.165) is 35.5 Å². The second-order valence-electron chi connectivity index (χ2n) is 7.99. The maximum absolute atomic E-state index is 13.0. The van der Waals surface area contributed by atoms with Crippen molar-refractivity contribution in [2.24, 2.45) is 0 Å². The highest BCUT2D eigenvalue weighted by atomic mass is 16.5. The summed E-state index contributed by atoms with van der Waals surface area (Å²) in [6, 6.07) is 9.38. The van der Waals surface area contributed by atoms with Gasteiger partial charge in [-0.3, -0.25) is 19.1 Å². The molecule has 164 valence electrons. The summed E-state index contributed by atoms with van der Waals surface area (Å²) in [5.74, 6) is 0.933. The number of ether oxygens (including phenoxy) is 1. The van der Waals surface area contributed by atoms with Gasteiger partial charge in [-0.15, -0.1) is 0 Å². The largest absolute Gasteiger partial charge is 0.497 e. The average molecular weight is 424 g/mol. The molecule has 31 heavy (non-hydrogen) atoms. The Morgan fingerprint density at radius 2 is 1.94 bits per heavy atom. The van der Waals surface area contributed by atoms with Crippen LogP contribution in [0, 0.1) is 25.2 Å². The number of aromatic nitrogens is 1. The first kappa shape index (κ1) is 22.4. The number of hydrogen-bond acceptors (Lipinski definition) is 5. The Morgan fingerprint density at radius 3 is 2.52 bits per heavy atom. The number of hydrogen-bond donors (Lipinski definition) is 1. The zero-order valence-electron chi connectivity index (χ0n) is 18.7. The van der Waals surface area contributed by atoms with Crippen LogP contribution in [0.15, 0.2) is 24.3 Å². The van der Waals surface area contributed by atoms with E-state index in [-0.39, 0.29) is 24.4 Å². The first-order valence-corrected chi connectivity index (χ1v) is 10.3. The first-order valence-electron chi connectivity index (χ1n) is 10.3. The number of benzene rings is 1. The Bertz CT molecular complexity index is 1020. The van der Waals surface area contributed by atoms with Gasteiger partial charge in [-0.2, -0.15) is 5.26 Å². The Kier molecular flexibility index (Phi) is 6.66. The number of rotatable bonds is 6. The molecule has 0 bridgehead atoms. The summed E-state index contributed by atoms with van der Waals surface area (Å²) in [5.41, 5.74) is 2.94. The number of anilines is 1. The molecule has 0 aliphatic carbocycles. The number of nitrogens with one attached hydrogen (secondary N) is 1. The van der Waals surface area contributed by atoms with E-state index in [9.17, 15) is 14.9 Å². The zero-order valence-corrected chi connectivity index (χ0v) is 18.7. The summed E-state index contributed by atoms with van der Waals surface area (Å²) in [4.78, 5) is 28.9. The molecule has 1 aliphatic rings. The van der Waals surface area contributed by atoms with Crippen molar-refractivity contribution in [1.29, 1.82) is 5.26 Å². The highest BCUT2D eigenvalue weighted by Crippen LogP contribution is 2.31. The summed E-state index contributed by atoms with van der Waals surface area (Å²) in [7, 11) is 5.06. The van der Waals surface area contributed by atoms with Gasteiger partial charge in [0.05, 0.1) is 25.3 Å². The quantitative estimate of drug-likeness (QED) is 0.771. The van der Waals surface area contributed by atoms with E-state index in [1.165, 1.54) is 0 Å². The second kappa shape index (κ2) is 9.23. The molecule has 0 unspecified atom stereocenters. The summed E-state index contributed by atoms with van der Waals surface area (Å²) in [6.45, 7) is 4.58. The van der Waals surface area contributed by atoms with Crippen molar-refractivity contribution in [3.05, 3.63) is 41.1 Å². The van der Waals surface area contributed by atoms with Gasteiger partial charge in [0.15, 0.2) is 0 Å². The van der Waals surface area contributed by atoms with Crippen molar-refractivity contribution >= 4 is 17.6 Å². The van der Waals surface area contributed by atoms with Gasteiger partial charge in [0.2, 0.25) is 11.8 Å². The highest BCUT2D eigenvalue weighted by molar-refractivity contribution is 5.94. The van der Waals surface area contributed by atoms with Crippen LogP contribution < -0.4 is 10.1 Å². The number of amides is 2. The molecule has 0 spiro atoms. The number of likely N-dealkylation sites (tertiary alicyclic amines) is 1. The van der Waals surface area contributed by atoms with Gasteiger partial charge in [-0.25, -0.2) is 0 Å². The van der Waals surface area contributed by atoms with Crippen LogP contribution in [0.2, 0.25) is 0 Å². The molecule has 8 nitrogen and oxygen atoms in total. The second-order valence-corrected chi connectivity index (χ2v) is 7.99. The molecule has 2 aromatic rings. The first-order chi connectivity index (χ1) is 14.8. The number of carbonyl (C=O) groups excluding carboxylic acids is 2. The highest BCUT2D eigenvalue weighted by Gasteiger charge is 2.33. The topological polar surface area (TPSA) is 90.6 Å². The van der Waals surface area contributed by atoms with E-state index in [1.807, 2.05) is 47.6 Å². The molecule has 2 heterocycles. The van der Waals surface area contributed by atoms with E-state index in [2.05, 4.69) is 11.4 Å². The molecule has 1 N–H and O–H groups in total. The van der Waals surface area contributed by atoms with E-state index >= 15 is 0 Å². The number of nitrogens with zero attached hydrogens (tertiary/aromatic N) is 4. The lowest BCUT2D eigenvalue weighted by molar-refractivity contribution is -0.133. The van der Waals surface area contributed by atoms with Crippen molar-refractivity contribution in [2.45, 2.75) is 32.7 Å². The van der Waals surface area contributed by atoms with Gasteiger partial charge >= 0.3 is 0 Å². The third-order valence-electron chi connectivity index (χ3n) is 5.85. The third-order valence-corrected chi connectivity index (χ3v) is 5.85. The fourth-order valence-corrected chi connectivity index (χ4v) is 4.06. The molecule has 1 saturated heterocycles. The SMILES string of the molecule is COc1ccc(-n2c(C)c(C)c(C#N)c2NC(=O)CN2CCC[C@@H]2C(=O)N(C)C)cc1. The Labute approximate surface area is 183 Å². The minimum Gasteiger partial charge on any atom is -0.497 e. The molecular formula is C23H29N5O3. The molecule has 0 radical (unpaired) electrons. The summed E-state index contributed by atoms with van der Waals surface area (Å²) in [5, 5.41) is 12.7. The van der Waals surface area contributed by atoms with Gasteiger partial charge in [0, 0.05) is 25.5 Å². The predicted molar refractivity (Wildman–Crippen MR) is 118 cm³/mol. The number of likely N-dealkylation sites (N-methyl/N-ethyl adjacent to an activating group) is 1. The minimum absolute atomic E-state index is 0.0105. The Morgan fingerprint density at radius 1 is 1.26 bits per heavy atom. The van der Waals surface area contributed by atoms with Gasteiger partial charge in [0.1, 0.15) is 17.6 Å². The lowest BCUT2D eigenvalue weighted by Crippen LogP contribution is -2.45. The summed E-state index contributed by atoms with van der Waals surface area (Å²) < 4.78 is 7.11. The van der Waals surface area contributed by atoms with Crippen LogP contribution in [0.4, 0.5) is 5.82 Å². The Hall–Kier alpha value is -3.31. The van der Waals surface area contributed by atoms with Crippen LogP contribution in [0.5, 0.6) is 5.75 Å². The number of carbonyl (C=O) groups is 2. The average Bonchev–Trinajstić information content (AvgIpc) is 3.30. The fraction of sp³-hybridized carbons (Fsp3) is 0.435. The monoisotopic (exact) mass is 423 g/mol. The van der Waals surface area contributed by atoms with Crippen molar-refractivity contribution in [3.8, 4) is 17.5 Å². The molecule has 0 saturated carbocycles. The Balaban J connectivity index is 1.88. The van der Waals surface area contributed by atoms with Crippen molar-refractivity contribution < 1.29 is 14.3 Å². The summed E-state index contributed by atoms with van der Waals surface area (Å²) in [6.07, 6.45) is 1.62. The van der Waals surface area contributed by atoms with Crippen LogP contribution in [-0.2, 0) is 9.59 Å². The third kappa shape index (κ3) is 4.42. The van der Waals surface area contributed by atoms with E-state index in [0.29, 0.717) is 17.9 Å². The minimum atomic E-state index is -0.284. The standard InChI is InChI=1S/C23H29N5O3/c1-15-16(2)28(17-8-10-18(31-5)11-9-17)22(19(15)13-24)25-21(29)14-27-12-6-7-20(27)23(30)26(3)4/h8-11,20H,6-7,12,14H2,1-5H3,(H,25,29)/t20-/m1/s1. The molecule has 1 aromatic carbocycles. The molecule has 1 aliphatic heterocycles. The molecule has 2 amide bonds. The number of nitriles is 1. The van der Waals surface area contributed by atoms with Crippen molar-refractivity contribution in [3.63, 3.8) is 0 Å². The molecular weight excluding hydrogens is 394 g/mol. The van der Waals surface area contributed by atoms with Gasteiger partial charge < -0.3 is 15.0 Å². The lowest BCUT2D eigenvalue weighted by Gasteiger charge is -2.25. The van der Waals surface area contributed by atoms with Gasteiger partial charge in [-0.05, 0) is 63.1 Å². The molecule has 3 rings (SSSR count). The van der Waals surface area contributed by atoms with E-state index < -0.39 is 0 Å². The predicted octanol–water partition coefficient (Wildman–Crippen LogP) is 2.47. The molecule has 1 aromatic heterocycles. The van der Waals surface area contributed by atoms with Crippen molar-refractivity contribution in [2.75, 3.05) is 39.6 Å². The van der Waals surface area contributed by atoms with Gasteiger partial charge in [-0.1, -0.05) is 0 Å². The lowest BCUT2D eigenvalue weighted by atomic mass is 10.2. The smallest absolute Gasteiger partial charge is 0.239 e. The number of methoxy groups -OCH3 is 1.